The predicted octanol–water partition coefficient (Wildman–Crippen LogP) is 22.7. The summed E-state index contributed by atoms with van der Waals surface area (Å²) in [7, 11) is 0. The Bertz CT molecular complexity index is 6240. The minimum absolute atomic E-state index is 0.595. The van der Waals surface area contributed by atoms with Gasteiger partial charge in [0.2, 0.25) is 11.9 Å². The molecule has 0 radical (unpaired) electrons. The Kier molecular flexibility index (Phi) is 15.2. The Labute approximate surface area is 600 Å². The second-order valence-electron chi connectivity index (χ2n) is 25.5. The zero-order valence-corrected chi connectivity index (χ0v) is 56.0. The number of rotatable bonds is 10. The van der Waals surface area contributed by atoms with Crippen LogP contribution in [0, 0.1) is 0 Å². The molecule has 0 aliphatic carbocycles. The number of aromatic nitrogens is 10. The lowest BCUT2D eigenvalue weighted by Gasteiger charge is -2.25. The van der Waals surface area contributed by atoms with Crippen LogP contribution >= 0.6 is 0 Å². The fourth-order valence-corrected chi connectivity index (χ4v) is 14.3. The van der Waals surface area contributed by atoms with E-state index in [-0.39, 0.29) is 0 Å². The van der Waals surface area contributed by atoms with E-state index in [1.54, 1.807) is 0 Å². The summed E-state index contributed by atoms with van der Waals surface area (Å²) in [4.78, 5) is 45.3. The third kappa shape index (κ3) is 11.0. The molecular formula is C92H60N12. The lowest BCUT2D eigenvalue weighted by molar-refractivity contribution is 1.05. The number of benzene rings is 14. The first-order valence-corrected chi connectivity index (χ1v) is 34.7. The van der Waals surface area contributed by atoms with Crippen LogP contribution in [0.2, 0.25) is 0 Å². The Morgan fingerprint density at radius 2 is 0.481 bits per heavy atom. The van der Waals surface area contributed by atoms with Gasteiger partial charge in [0.1, 0.15) is 0 Å². The van der Waals surface area contributed by atoms with Crippen LogP contribution in [-0.2, 0) is 0 Å². The highest BCUT2D eigenvalue weighted by molar-refractivity contribution is 5.99. The molecule has 20 rings (SSSR count). The van der Waals surface area contributed by atoms with E-state index in [4.69, 9.17) is 39.9 Å². The first-order chi connectivity index (χ1) is 51.6. The highest BCUT2D eigenvalue weighted by atomic mass is 15.3. The van der Waals surface area contributed by atoms with Crippen LogP contribution in [-0.4, -0.2) is 49.0 Å². The Balaban J connectivity index is 0.000000143. The lowest BCUT2D eigenvalue weighted by atomic mass is 9.99. The minimum atomic E-state index is 0.595. The quantitative estimate of drug-likeness (QED) is 0.131. The molecule has 104 heavy (non-hydrogen) atoms. The van der Waals surface area contributed by atoms with Gasteiger partial charge in [-0.1, -0.05) is 279 Å². The van der Waals surface area contributed by atoms with Gasteiger partial charge in [-0.05, 0) is 107 Å². The summed E-state index contributed by atoms with van der Waals surface area (Å²) in [5, 5.41) is 0. The molecule has 4 aromatic heterocycles. The Morgan fingerprint density at radius 3 is 0.962 bits per heavy atom. The third-order valence-corrected chi connectivity index (χ3v) is 19.2. The molecule has 18 aromatic rings. The molecular weight excluding hydrogens is 1270 g/mol. The van der Waals surface area contributed by atoms with Crippen molar-refractivity contribution < 1.29 is 0 Å². The van der Waals surface area contributed by atoms with Gasteiger partial charge in [0.15, 0.2) is 34.9 Å². The molecule has 0 amide bonds. The summed E-state index contributed by atoms with van der Waals surface area (Å²) in [5.74, 6) is 5.34. The van der Waals surface area contributed by atoms with Crippen molar-refractivity contribution in [3.63, 3.8) is 0 Å². The van der Waals surface area contributed by atoms with E-state index in [2.05, 4.69) is 292 Å². The van der Waals surface area contributed by atoms with Crippen molar-refractivity contribution in [3.8, 4) is 124 Å². The van der Waals surface area contributed by atoms with Crippen LogP contribution < -0.4 is 9.80 Å². The number of para-hydroxylation sites is 8. The van der Waals surface area contributed by atoms with E-state index in [9.17, 15) is 0 Å². The standard InChI is InChI=1S/2C46H30N6/c1-3-14-31(15-4-1)32-26-28-34(29-27-32)44-48-43(33-16-5-2-6-17-33)49-45(50-44)35-18-13-19-36(30-35)51-40-23-10-7-20-37(40)38-21-8-11-24-41(38)52-42-25-12-9-22-39(42)47-46(51)52;1-3-15-31(16-4-1)35-19-7-8-22-38(35)45-49-43(32-17-5-2-6-18-32)48-44(50-45)33-27-29-34(30-28-33)51-40-24-12-9-20-36(40)37-21-10-13-25-41(37)52-42-26-14-11-23-39(42)47-46(51)52/h2*1-30H. The molecule has 0 unspecified atom stereocenters. The van der Waals surface area contributed by atoms with Crippen molar-refractivity contribution in [3.05, 3.63) is 364 Å². The van der Waals surface area contributed by atoms with Crippen LogP contribution in [0.25, 0.3) is 146 Å². The van der Waals surface area contributed by atoms with E-state index in [0.717, 1.165) is 140 Å². The minimum Gasteiger partial charge on any atom is -0.280 e. The molecule has 12 heteroatoms. The molecule has 0 bridgehead atoms. The summed E-state index contributed by atoms with van der Waals surface area (Å²) < 4.78 is 4.54. The smallest absolute Gasteiger partial charge is 0.220 e. The van der Waals surface area contributed by atoms with Gasteiger partial charge in [0.05, 0.1) is 44.8 Å². The summed E-state index contributed by atoms with van der Waals surface area (Å²) in [5.41, 5.74) is 24.7. The molecule has 6 heterocycles. The zero-order valence-electron chi connectivity index (χ0n) is 56.0. The number of anilines is 6. The van der Waals surface area contributed by atoms with Crippen molar-refractivity contribution in [1.82, 2.24) is 49.0 Å². The molecule has 14 aromatic carbocycles. The SMILES string of the molecule is c1ccc(-c2ccc(-c3nc(-c4ccccc4)nc(-c4cccc(N5c6ccccc6-c6ccccc6-n6c5nc5ccccc56)c4)n3)cc2)cc1.c1ccc(-c2nc(-c3ccc(N4c5ccccc5-c5ccccc5-n5c4nc4ccccc45)cc3)nc(-c3ccccc3-c3ccccc3)n2)cc1. The molecule has 0 spiro atoms. The second kappa shape index (κ2) is 26.1. The molecule has 2 aliphatic rings. The van der Waals surface area contributed by atoms with E-state index in [1.807, 2.05) is 91.0 Å². The van der Waals surface area contributed by atoms with Crippen LogP contribution in [0.3, 0.4) is 0 Å². The van der Waals surface area contributed by atoms with E-state index < -0.39 is 0 Å². The highest BCUT2D eigenvalue weighted by Gasteiger charge is 2.32. The van der Waals surface area contributed by atoms with Crippen LogP contribution in [0.1, 0.15) is 0 Å². The third-order valence-electron chi connectivity index (χ3n) is 19.2. The van der Waals surface area contributed by atoms with Crippen molar-refractivity contribution in [2.45, 2.75) is 0 Å². The lowest BCUT2D eigenvalue weighted by Crippen LogP contribution is -2.14. The van der Waals surface area contributed by atoms with Crippen molar-refractivity contribution in [1.29, 1.82) is 0 Å². The molecule has 488 valence electrons. The van der Waals surface area contributed by atoms with Gasteiger partial charge in [-0.15, -0.1) is 0 Å². The van der Waals surface area contributed by atoms with Gasteiger partial charge in [0.25, 0.3) is 0 Å². The zero-order chi connectivity index (χ0) is 68.9. The molecule has 0 N–H and O–H groups in total. The summed E-state index contributed by atoms with van der Waals surface area (Å²) in [6.45, 7) is 0. The van der Waals surface area contributed by atoms with E-state index >= 15 is 0 Å². The van der Waals surface area contributed by atoms with Gasteiger partial charge in [-0.2, -0.15) is 0 Å². The van der Waals surface area contributed by atoms with Crippen LogP contribution in [0.15, 0.2) is 364 Å². The summed E-state index contributed by atoms with van der Waals surface area (Å²) in [6, 6.07) is 125. The average molecular weight is 1330 g/mol. The average Bonchev–Trinajstić information content (AvgIpc) is 1.58. The van der Waals surface area contributed by atoms with E-state index in [1.165, 1.54) is 5.56 Å². The van der Waals surface area contributed by atoms with Crippen molar-refractivity contribution >= 4 is 56.7 Å². The molecule has 0 saturated heterocycles. The van der Waals surface area contributed by atoms with Gasteiger partial charge >= 0.3 is 0 Å². The molecule has 0 fully saturated rings. The topological polar surface area (TPSA) is 119 Å². The highest BCUT2D eigenvalue weighted by Crippen LogP contribution is 2.50. The maximum Gasteiger partial charge on any atom is 0.220 e. The van der Waals surface area contributed by atoms with E-state index in [0.29, 0.717) is 34.9 Å². The van der Waals surface area contributed by atoms with Gasteiger partial charge in [-0.3, -0.25) is 18.9 Å². The monoisotopic (exact) mass is 1330 g/mol. The second-order valence-corrected chi connectivity index (χ2v) is 25.5. The van der Waals surface area contributed by atoms with Gasteiger partial charge in [0, 0.05) is 67.0 Å². The largest absolute Gasteiger partial charge is 0.280 e. The first kappa shape index (κ1) is 60.8. The van der Waals surface area contributed by atoms with Crippen molar-refractivity contribution in [2.75, 3.05) is 9.80 Å². The fourth-order valence-electron chi connectivity index (χ4n) is 14.3. The predicted molar refractivity (Wildman–Crippen MR) is 420 cm³/mol. The number of nitrogens with zero attached hydrogens (tertiary/aromatic N) is 12. The van der Waals surface area contributed by atoms with Gasteiger partial charge < -0.3 is 0 Å². The molecule has 12 nitrogen and oxygen atoms in total. The maximum absolute atomic E-state index is 5.26. The van der Waals surface area contributed by atoms with Crippen molar-refractivity contribution in [2.24, 2.45) is 0 Å². The number of imidazole rings is 2. The Morgan fingerprint density at radius 1 is 0.173 bits per heavy atom. The first-order valence-electron chi connectivity index (χ1n) is 34.7. The summed E-state index contributed by atoms with van der Waals surface area (Å²) >= 11 is 0. The molecule has 0 atom stereocenters. The molecule has 0 saturated carbocycles. The van der Waals surface area contributed by atoms with Crippen LogP contribution in [0.5, 0.6) is 0 Å². The maximum atomic E-state index is 5.26. The van der Waals surface area contributed by atoms with Crippen LogP contribution in [0.4, 0.5) is 34.6 Å². The molecule has 2 aliphatic heterocycles. The number of fused-ring (bicyclic) bond motifs is 14. The van der Waals surface area contributed by atoms with Gasteiger partial charge in [-0.25, -0.2) is 39.9 Å². The normalized spacial score (nSPS) is 11.8. The number of hydrogen-bond donors (Lipinski definition) is 0. The summed E-state index contributed by atoms with van der Waals surface area (Å²) in [6.07, 6.45) is 0. The number of hydrogen-bond acceptors (Lipinski definition) is 10. The fraction of sp³-hybridized carbons (Fsp3) is 0. The Hall–Kier alpha value is -14.4.